The maximum atomic E-state index is 11.8. The lowest BCUT2D eigenvalue weighted by molar-refractivity contribution is -0.120. The number of rotatable bonds is 7. The molecule has 0 aromatic heterocycles. The van der Waals surface area contributed by atoms with Crippen molar-refractivity contribution in [3.8, 4) is 0 Å². The first-order valence-electron chi connectivity index (χ1n) is 7.25. The number of thioether (sulfide) groups is 1. The number of carbonyl (C=O) groups is 1. The van der Waals surface area contributed by atoms with Crippen molar-refractivity contribution < 1.29 is 4.79 Å². The summed E-state index contributed by atoms with van der Waals surface area (Å²) in [6.07, 6.45) is 0.557. The molecule has 2 aromatic rings. The summed E-state index contributed by atoms with van der Waals surface area (Å²) in [4.78, 5) is 13.1. The third kappa shape index (κ3) is 5.64. The van der Waals surface area contributed by atoms with Gasteiger partial charge in [-0.3, -0.25) is 4.79 Å². The van der Waals surface area contributed by atoms with Crippen LogP contribution in [0, 0.1) is 0 Å². The highest BCUT2D eigenvalue weighted by Gasteiger charge is 2.07. The molecule has 1 amide bonds. The quantitative estimate of drug-likeness (QED) is 0.780. The number of hydrogen-bond acceptors (Lipinski definition) is 2. The van der Waals surface area contributed by atoms with Crippen molar-refractivity contribution in [1.82, 2.24) is 5.32 Å². The fraction of sp³-hybridized carbons (Fsp3) is 0.278. The molecular weight excluding hydrogens is 278 g/mol. The molecule has 1 atom stereocenters. The molecule has 0 aliphatic heterocycles. The van der Waals surface area contributed by atoms with E-state index in [1.165, 1.54) is 10.5 Å². The Morgan fingerprint density at radius 3 is 2.33 bits per heavy atom. The molecule has 0 aliphatic carbocycles. The van der Waals surface area contributed by atoms with Crippen LogP contribution >= 0.6 is 11.8 Å². The predicted octanol–water partition coefficient (Wildman–Crippen LogP) is 4.09. The summed E-state index contributed by atoms with van der Waals surface area (Å²) >= 11 is 1.72. The molecule has 2 aromatic carbocycles. The van der Waals surface area contributed by atoms with E-state index < -0.39 is 0 Å². The average molecular weight is 299 g/mol. The van der Waals surface area contributed by atoms with Crippen LogP contribution in [0.2, 0.25) is 0 Å². The van der Waals surface area contributed by atoms with Crippen molar-refractivity contribution >= 4 is 17.7 Å². The molecule has 110 valence electrons. The lowest BCUT2D eigenvalue weighted by Gasteiger charge is -2.13. The smallest absolute Gasteiger partial charge is 0.220 e. The second kappa shape index (κ2) is 8.53. The van der Waals surface area contributed by atoms with E-state index in [1.807, 2.05) is 36.4 Å². The molecule has 0 unspecified atom stereocenters. The summed E-state index contributed by atoms with van der Waals surface area (Å²) < 4.78 is 0. The summed E-state index contributed by atoms with van der Waals surface area (Å²) in [6.45, 7) is 2.83. The van der Waals surface area contributed by atoms with E-state index in [2.05, 4.69) is 36.5 Å². The molecule has 0 saturated carbocycles. The number of nitrogens with one attached hydrogen (secondary N) is 1. The molecule has 0 radical (unpaired) electrons. The van der Waals surface area contributed by atoms with E-state index in [-0.39, 0.29) is 5.91 Å². The molecule has 0 aliphatic rings. The fourth-order valence-electron chi connectivity index (χ4n) is 2.03. The van der Waals surface area contributed by atoms with Crippen molar-refractivity contribution in [2.75, 3.05) is 12.3 Å². The molecule has 3 heteroatoms. The highest BCUT2D eigenvalue weighted by Crippen LogP contribution is 2.17. The Morgan fingerprint density at radius 1 is 1.05 bits per heavy atom. The van der Waals surface area contributed by atoms with Gasteiger partial charge in [-0.1, -0.05) is 55.5 Å². The van der Waals surface area contributed by atoms with Gasteiger partial charge >= 0.3 is 0 Å². The summed E-state index contributed by atoms with van der Waals surface area (Å²) in [7, 11) is 0. The Balaban J connectivity index is 1.66. The van der Waals surface area contributed by atoms with Crippen LogP contribution in [0.5, 0.6) is 0 Å². The first-order chi connectivity index (χ1) is 10.3. The number of hydrogen-bond donors (Lipinski definition) is 1. The Labute approximate surface area is 131 Å². The van der Waals surface area contributed by atoms with Gasteiger partial charge in [0.25, 0.3) is 0 Å². The number of amides is 1. The first-order valence-corrected chi connectivity index (χ1v) is 8.24. The van der Waals surface area contributed by atoms with E-state index >= 15 is 0 Å². The van der Waals surface area contributed by atoms with Gasteiger partial charge in [0.05, 0.1) is 0 Å². The molecule has 0 spiro atoms. The maximum Gasteiger partial charge on any atom is 0.220 e. The van der Waals surface area contributed by atoms with Gasteiger partial charge in [-0.05, 0) is 23.6 Å². The topological polar surface area (TPSA) is 29.1 Å². The fourth-order valence-corrected chi connectivity index (χ4v) is 2.91. The highest BCUT2D eigenvalue weighted by molar-refractivity contribution is 7.99. The summed E-state index contributed by atoms with van der Waals surface area (Å²) in [5.74, 6) is 1.29. The minimum atomic E-state index is 0.126. The number of benzene rings is 2. The second-order valence-electron chi connectivity index (χ2n) is 5.03. The molecule has 0 bridgehead atoms. The maximum absolute atomic E-state index is 11.8. The van der Waals surface area contributed by atoms with E-state index in [1.54, 1.807) is 11.8 Å². The molecular formula is C18H21NOS. The monoisotopic (exact) mass is 299 g/mol. The predicted molar refractivity (Wildman–Crippen MR) is 89.6 cm³/mol. The minimum Gasteiger partial charge on any atom is -0.355 e. The standard InChI is InChI=1S/C18H21NOS/c1-15(16-8-4-2-5-9-16)14-19-18(20)12-13-21-17-10-6-3-7-11-17/h2-11,15H,12-14H2,1H3,(H,19,20)/t15-/m0/s1. The van der Waals surface area contributed by atoms with Gasteiger partial charge in [-0.25, -0.2) is 0 Å². The van der Waals surface area contributed by atoms with Crippen LogP contribution in [0.15, 0.2) is 65.6 Å². The second-order valence-corrected chi connectivity index (χ2v) is 6.20. The van der Waals surface area contributed by atoms with Crippen molar-refractivity contribution in [3.05, 3.63) is 66.2 Å². The van der Waals surface area contributed by atoms with E-state index in [4.69, 9.17) is 0 Å². The first kappa shape index (κ1) is 15.6. The Kier molecular flexibility index (Phi) is 6.35. The molecule has 21 heavy (non-hydrogen) atoms. The van der Waals surface area contributed by atoms with Gasteiger partial charge in [-0.15, -0.1) is 11.8 Å². The zero-order valence-electron chi connectivity index (χ0n) is 12.3. The van der Waals surface area contributed by atoms with Gasteiger partial charge in [0, 0.05) is 23.6 Å². The Bertz CT molecular complexity index is 542. The minimum absolute atomic E-state index is 0.126. The largest absolute Gasteiger partial charge is 0.355 e. The van der Waals surface area contributed by atoms with Crippen LogP contribution in [-0.2, 0) is 4.79 Å². The van der Waals surface area contributed by atoms with Crippen LogP contribution < -0.4 is 5.32 Å². The van der Waals surface area contributed by atoms with Crippen molar-refractivity contribution in [2.45, 2.75) is 24.2 Å². The summed E-state index contributed by atoms with van der Waals surface area (Å²) in [5, 5.41) is 3.01. The normalized spacial score (nSPS) is 11.9. The van der Waals surface area contributed by atoms with Crippen LogP contribution in [0.25, 0.3) is 0 Å². The molecule has 0 heterocycles. The van der Waals surface area contributed by atoms with Crippen molar-refractivity contribution in [1.29, 1.82) is 0 Å². The van der Waals surface area contributed by atoms with Gasteiger partial charge in [-0.2, -0.15) is 0 Å². The van der Waals surface area contributed by atoms with E-state index in [9.17, 15) is 4.79 Å². The van der Waals surface area contributed by atoms with Crippen LogP contribution in [0.3, 0.4) is 0 Å². The lowest BCUT2D eigenvalue weighted by Crippen LogP contribution is -2.27. The number of carbonyl (C=O) groups excluding carboxylic acids is 1. The van der Waals surface area contributed by atoms with Crippen LogP contribution in [-0.4, -0.2) is 18.2 Å². The summed E-state index contributed by atoms with van der Waals surface area (Å²) in [6, 6.07) is 20.4. The lowest BCUT2D eigenvalue weighted by atomic mass is 10.0. The zero-order valence-corrected chi connectivity index (χ0v) is 13.1. The molecule has 1 N–H and O–H groups in total. The third-order valence-electron chi connectivity index (χ3n) is 3.32. The molecule has 2 rings (SSSR count). The van der Waals surface area contributed by atoms with Crippen LogP contribution in [0.1, 0.15) is 24.8 Å². The van der Waals surface area contributed by atoms with E-state index in [0.717, 1.165) is 5.75 Å². The molecule has 0 saturated heterocycles. The summed E-state index contributed by atoms with van der Waals surface area (Å²) in [5.41, 5.74) is 1.26. The van der Waals surface area contributed by atoms with Gasteiger partial charge in [0.2, 0.25) is 5.91 Å². The Morgan fingerprint density at radius 2 is 1.67 bits per heavy atom. The van der Waals surface area contributed by atoms with Gasteiger partial charge < -0.3 is 5.32 Å². The van der Waals surface area contributed by atoms with E-state index in [0.29, 0.717) is 18.9 Å². The SMILES string of the molecule is C[C@@H](CNC(=O)CCSc1ccccc1)c1ccccc1. The highest BCUT2D eigenvalue weighted by atomic mass is 32.2. The van der Waals surface area contributed by atoms with Crippen molar-refractivity contribution in [3.63, 3.8) is 0 Å². The Hall–Kier alpha value is -1.74. The van der Waals surface area contributed by atoms with Gasteiger partial charge in [0.1, 0.15) is 0 Å². The average Bonchev–Trinajstić information content (AvgIpc) is 2.54. The van der Waals surface area contributed by atoms with Gasteiger partial charge in [0.15, 0.2) is 0 Å². The third-order valence-corrected chi connectivity index (χ3v) is 4.33. The van der Waals surface area contributed by atoms with Crippen molar-refractivity contribution in [2.24, 2.45) is 0 Å². The molecule has 2 nitrogen and oxygen atoms in total. The molecule has 0 fully saturated rings. The zero-order chi connectivity index (χ0) is 14.9. The van der Waals surface area contributed by atoms with Crippen LogP contribution in [0.4, 0.5) is 0 Å².